The van der Waals surface area contributed by atoms with E-state index >= 15 is 0 Å². The van der Waals surface area contributed by atoms with Gasteiger partial charge in [0.2, 0.25) is 0 Å². The number of carbonyl (C=O) groups excluding carboxylic acids is 1. The highest BCUT2D eigenvalue weighted by molar-refractivity contribution is 6.02. The molecule has 2 rings (SSSR count). The Morgan fingerprint density at radius 2 is 2.33 bits per heavy atom. The number of anilines is 1. The number of rotatable bonds is 3. The minimum Gasteiger partial charge on any atom is -0.482 e. The molecule has 0 aliphatic carbocycles. The number of carboxylic acids is 1. The summed E-state index contributed by atoms with van der Waals surface area (Å²) in [6.45, 7) is 1.63. The van der Waals surface area contributed by atoms with Crippen molar-refractivity contribution in [2.24, 2.45) is 5.73 Å². The number of aliphatic carboxylic acids is 1. The summed E-state index contributed by atoms with van der Waals surface area (Å²) in [4.78, 5) is 24.1. The van der Waals surface area contributed by atoms with Gasteiger partial charge in [-0.3, -0.25) is 9.69 Å². The van der Waals surface area contributed by atoms with Crippen LogP contribution in [-0.2, 0) is 16.1 Å². The lowest BCUT2D eigenvalue weighted by atomic mass is 10.1. The normalized spacial score (nSPS) is 15.9. The Bertz CT molecular complexity index is 501. The summed E-state index contributed by atoms with van der Waals surface area (Å²) in [5.41, 5.74) is 6.81. The van der Waals surface area contributed by atoms with Crippen molar-refractivity contribution < 1.29 is 19.4 Å². The molecule has 1 atom stereocenters. The Labute approximate surface area is 104 Å². The van der Waals surface area contributed by atoms with Crippen LogP contribution in [0.4, 0.5) is 5.69 Å². The van der Waals surface area contributed by atoms with Crippen molar-refractivity contribution in [3.8, 4) is 5.75 Å². The van der Waals surface area contributed by atoms with Crippen LogP contribution < -0.4 is 15.4 Å². The van der Waals surface area contributed by atoms with Gasteiger partial charge < -0.3 is 15.6 Å². The Morgan fingerprint density at radius 1 is 1.61 bits per heavy atom. The summed E-state index contributed by atoms with van der Waals surface area (Å²) < 4.78 is 5.27. The number of carboxylic acid groups (broad SMARTS) is 1. The maximum absolute atomic E-state index is 11.8. The first kappa shape index (κ1) is 12.4. The Balaban J connectivity index is 2.48. The second-order valence-corrected chi connectivity index (χ2v) is 4.07. The number of hydrogen-bond donors (Lipinski definition) is 2. The van der Waals surface area contributed by atoms with Gasteiger partial charge in [-0.1, -0.05) is 6.07 Å². The predicted molar refractivity (Wildman–Crippen MR) is 64.4 cm³/mol. The van der Waals surface area contributed by atoms with Crippen molar-refractivity contribution >= 4 is 17.6 Å². The van der Waals surface area contributed by atoms with Crippen LogP contribution in [0, 0.1) is 0 Å². The molecule has 1 aromatic rings. The fourth-order valence-electron chi connectivity index (χ4n) is 1.88. The largest absolute Gasteiger partial charge is 0.482 e. The lowest BCUT2D eigenvalue weighted by Gasteiger charge is -2.32. The number of fused-ring (bicyclic) bond motifs is 1. The predicted octanol–water partition coefficient (Wildman–Crippen LogP) is 0.344. The summed E-state index contributed by atoms with van der Waals surface area (Å²) in [7, 11) is 0. The second kappa shape index (κ2) is 4.66. The molecule has 96 valence electrons. The molecule has 0 saturated carbocycles. The van der Waals surface area contributed by atoms with Crippen molar-refractivity contribution in [1.29, 1.82) is 0 Å². The van der Waals surface area contributed by atoms with E-state index in [9.17, 15) is 9.59 Å². The van der Waals surface area contributed by atoms with Gasteiger partial charge in [-0.2, -0.15) is 0 Å². The molecule has 6 heteroatoms. The number of benzene rings is 1. The highest BCUT2D eigenvalue weighted by atomic mass is 16.5. The number of carbonyl (C=O) groups is 2. The highest BCUT2D eigenvalue weighted by Gasteiger charge is 2.32. The van der Waals surface area contributed by atoms with Crippen LogP contribution in [0.3, 0.4) is 0 Å². The van der Waals surface area contributed by atoms with E-state index in [-0.39, 0.29) is 12.5 Å². The van der Waals surface area contributed by atoms with Gasteiger partial charge in [0, 0.05) is 6.54 Å². The molecule has 1 unspecified atom stereocenters. The van der Waals surface area contributed by atoms with Crippen LogP contribution in [0.25, 0.3) is 0 Å². The summed E-state index contributed by atoms with van der Waals surface area (Å²) in [5, 5.41) is 9.04. The topological polar surface area (TPSA) is 92.9 Å². The zero-order valence-corrected chi connectivity index (χ0v) is 9.92. The van der Waals surface area contributed by atoms with Gasteiger partial charge in [0.15, 0.2) is 6.61 Å². The lowest BCUT2D eigenvalue weighted by molar-refractivity contribution is -0.140. The van der Waals surface area contributed by atoms with E-state index in [2.05, 4.69) is 0 Å². The molecule has 0 saturated heterocycles. The third-order valence-electron chi connectivity index (χ3n) is 2.88. The van der Waals surface area contributed by atoms with Crippen LogP contribution in [0.5, 0.6) is 5.75 Å². The third-order valence-corrected chi connectivity index (χ3v) is 2.88. The molecule has 18 heavy (non-hydrogen) atoms. The SMILES string of the molecule is CC(C(=O)O)N1C(=O)COc2ccc(CN)cc21. The van der Waals surface area contributed by atoms with Crippen molar-refractivity contribution in [3.63, 3.8) is 0 Å². The first-order chi connectivity index (χ1) is 8.54. The Morgan fingerprint density at radius 3 is 2.94 bits per heavy atom. The number of nitrogens with zero attached hydrogens (tertiary/aromatic N) is 1. The summed E-state index contributed by atoms with van der Waals surface area (Å²) in [6, 6.07) is 4.24. The highest BCUT2D eigenvalue weighted by Crippen LogP contribution is 2.34. The third kappa shape index (κ3) is 2.02. The number of nitrogens with two attached hydrogens (primary N) is 1. The maximum Gasteiger partial charge on any atom is 0.326 e. The molecule has 1 heterocycles. The van der Waals surface area contributed by atoms with Gasteiger partial charge in [0.25, 0.3) is 5.91 Å². The van der Waals surface area contributed by atoms with Crippen molar-refractivity contribution in [3.05, 3.63) is 23.8 Å². The molecule has 1 aromatic carbocycles. The fourth-order valence-corrected chi connectivity index (χ4v) is 1.88. The molecule has 0 aromatic heterocycles. The Kier molecular flexibility index (Phi) is 3.20. The average Bonchev–Trinajstić information content (AvgIpc) is 2.37. The van der Waals surface area contributed by atoms with E-state index in [1.54, 1.807) is 18.2 Å². The first-order valence-electron chi connectivity index (χ1n) is 5.55. The summed E-state index contributed by atoms with van der Waals surface area (Å²) in [6.07, 6.45) is 0. The van der Waals surface area contributed by atoms with Crippen molar-refractivity contribution in [2.75, 3.05) is 11.5 Å². The van der Waals surface area contributed by atoms with Crippen molar-refractivity contribution in [2.45, 2.75) is 19.5 Å². The van der Waals surface area contributed by atoms with Gasteiger partial charge in [-0.15, -0.1) is 0 Å². The number of hydrogen-bond acceptors (Lipinski definition) is 4. The van der Waals surface area contributed by atoms with Gasteiger partial charge >= 0.3 is 5.97 Å². The molecule has 3 N–H and O–H groups in total. The van der Waals surface area contributed by atoms with Crippen molar-refractivity contribution in [1.82, 2.24) is 0 Å². The van der Waals surface area contributed by atoms with E-state index in [4.69, 9.17) is 15.6 Å². The Hall–Kier alpha value is -2.08. The van der Waals surface area contributed by atoms with E-state index in [0.717, 1.165) is 5.56 Å². The quantitative estimate of drug-likeness (QED) is 0.807. The molecule has 6 nitrogen and oxygen atoms in total. The minimum atomic E-state index is -1.06. The van der Waals surface area contributed by atoms with Crippen LogP contribution in [0.2, 0.25) is 0 Å². The van der Waals surface area contributed by atoms with Crippen LogP contribution >= 0.6 is 0 Å². The maximum atomic E-state index is 11.8. The zero-order chi connectivity index (χ0) is 13.3. The summed E-state index contributed by atoms with van der Waals surface area (Å²) in [5.74, 6) is -0.930. The molecule has 0 radical (unpaired) electrons. The van der Waals surface area contributed by atoms with Gasteiger partial charge in [0.05, 0.1) is 5.69 Å². The molecule has 1 amide bonds. The molecule has 1 aliphatic rings. The van der Waals surface area contributed by atoms with Gasteiger partial charge in [-0.05, 0) is 24.6 Å². The summed E-state index contributed by atoms with van der Waals surface area (Å²) >= 11 is 0. The van der Waals surface area contributed by atoms with E-state index in [0.29, 0.717) is 18.0 Å². The fraction of sp³-hybridized carbons (Fsp3) is 0.333. The van der Waals surface area contributed by atoms with Crippen LogP contribution in [0.15, 0.2) is 18.2 Å². The first-order valence-corrected chi connectivity index (χ1v) is 5.55. The molecule has 0 fully saturated rings. The van der Waals surface area contributed by atoms with Gasteiger partial charge in [0.1, 0.15) is 11.8 Å². The monoisotopic (exact) mass is 250 g/mol. The van der Waals surface area contributed by atoms with Crippen LogP contribution in [0.1, 0.15) is 12.5 Å². The molecular formula is C12H14N2O4. The molecular weight excluding hydrogens is 236 g/mol. The smallest absolute Gasteiger partial charge is 0.326 e. The number of ether oxygens (including phenoxy) is 1. The average molecular weight is 250 g/mol. The standard InChI is InChI=1S/C12H14N2O4/c1-7(12(16)17)14-9-4-8(5-13)2-3-10(9)18-6-11(14)15/h2-4,7H,5-6,13H2,1H3,(H,16,17). The van der Waals surface area contributed by atoms with E-state index in [1.165, 1.54) is 11.8 Å². The minimum absolute atomic E-state index is 0.146. The number of amides is 1. The zero-order valence-electron chi connectivity index (χ0n) is 9.92. The molecule has 0 bridgehead atoms. The van der Waals surface area contributed by atoms with E-state index < -0.39 is 12.0 Å². The second-order valence-electron chi connectivity index (χ2n) is 4.07. The van der Waals surface area contributed by atoms with E-state index in [1.807, 2.05) is 0 Å². The van der Waals surface area contributed by atoms with Crippen LogP contribution in [-0.4, -0.2) is 29.6 Å². The van der Waals surface area contributed by atoms with Gasteiger partial charge in [-0.25, -0.2) is 4.79 Å². The molecule has 0 spiro atoms. The molecule has 1 aliphatic heterocycles. The lowest BCUT2D eigenvalue weighted by Crippen LogP contribution is -2.48.